The zero-order valence-corrected chi connectivity index (χ0v) is 18.3. The van der Waals surface area contributed by atoms with Crippen molar-refractivity contribution in [2.45, 2.75) is 30.7 Å². The van der Waals surface area contributed by atoms with Gasteiger partial charge in [-0.15, -0.1) is 24.0 Å². The molecule has 2 fully saturated rings. The Bertz CT molecular complexity index is 763. The van der Waals surface area contributed by atoms with Gasteiger partial charge in [-0.05, 0) is 36.1 Å². The Balaban J connectivity index is 0.00000210. The maximum Gasteiger partial charge on any atom is 0.193 e. The highest BCUT2D eigenvalue weighted by Crippen LogP contribution is 2.41. The van der Waals surface area contributed by atoms with Gasteiger partial charge in [0.1, 0.15) is 5.75 Å². The van der Waals surface area contributed by atoms with Gasteiger partial charge >= 0.3 is 0 Å². The number of nitrogens with one attached hydrogen (secondary N) is 1. The van der Waals surface area contributed by atoms with E-state index in [1.807, 2.05) is 7.05 Å². The van der Waals surface area contributed by atoms with Crippen molar-refractivity contribution in [3.8, 4) is 5.75 Å². The molecule has 1 saturated heterocycles. The number of guanidine groups is 1. The van der Waals surface area contributed by atoms with E-state index in [2.05, 4.69) is 69.8 Å². The number of hydrogen-bond acceptors (Lipinski definition) is 2. The molecule has 0 amide bonds. The summed E-state index contributed by atoms with van der Waals surface area (Å²) in [5.41, 5.74) is 2.82. The van der Waals surface area contributed by atoms with Gasteiger partial charge < -0.3 is 15.0 Å². The van der Waals surface area contributed by atoms with Crippen LogP contribution in [0.2, 0.25) is 0 Å². The second-order valence-electron chi connectivity index (χ2n) is 7.26. The molecule has 2 aromatic carbocycles. The standard InChI is InChI=1S/C22H27N3O.HI/c1-23-22(24-21-14-20(21)17-6-4-3-5-7-17)25-13-12-18(15-25)16-8-10-19(26-2)11-9-16;/h3-11,18,20-21H,12-15H2,1-2H3,(H,23,24);1H. The van der Waals surface area contributed by atoms with Crippen LogP contribution in [0.15, 0.2) is 59.6 Å². The molecule has 1 heterocycles. The van der Waals surface area contributed by atoms with Crippen LogP contribution in [0.1, 0.15) is 35.8 Å². The molecule has 2 aromatic rings. The van der Waals surface area contributed by atoms with Crippen molar-refractivity contribution in [2.24, 2.45) is 4.99 Å². The van der Waals surface area contributed by atoms with Gasteiger partial charge in [-0.25, -0.2) is 0 Å². The average Bonchev–Trinajstić information content (AvgIpc) is 3.31. The van der Waals surface area contributed by atoms with Crippen LogP contribution in [-0.4, -0.2) is 44.1 Å². The molecule has 0 aromatic heterocycles. The normalized spacial score (nSPS) is 24.3. The van der Waals surface area contributed by atoms with Crippen LogP contribution in [0.25, 0.3) is 0 Å². The molecule has 4 rings (SSSR count). The molecule has 1 aliphatic heterocycles. The summed E-state index contributed by atoms with van der Waals surface area (Å²) in [5, 5.41) is 3.68. The van der Waals surface area contributed by atoms with E-state index in [1.165, 1.54) is 24.0 Å². The van der Waals surface area contributed by atoms with Crippen molar-refractivity contribution in [1.29, 1.82) is 0 Å². The van der Waals surface area contributed by atoms with Crippen LogP contribution in [0.3, 0.4) is 0 Å². The van der Waals surface area contributed by atoms with E-state index in [4.69, 9.17) is 4.74 Å². The Labute approximate surface area is 179 Å². The number of rotatable bonds is 4. The van der Waals surface area contributed by atoms with Gasteiger partial charge in [-0.1, -0.05) is 42.5 Å². The van der Waals surface area contributed by atoms with Gasteiger partial charge in [-0.3, -0.25) is 4.99 Å². The zero-order valence-electron chi connectivity index (χ0n) is 16.0. The Morgan fingerprint density at radius 1 is 1.07 bits per heavy atom. The van der Waals surface area contributed by atoms with Gasteiger partial charge in [0, 0.05) is 38.0 Å². The zero-order chi connectivity index (χ0) is 17.9. The first-order chi connectivity index (χ1) is 12.8. The molecule has 5 heteroatoms. The van der Waals surface area contributed by atoms with Crippen molar-refractivity contribution in [2.75, 3.05) is 27.2 Å². The minimum atomic E-state index is 0. The molecule has 27 heavy (non-hydrogen) atoms. The fourth-order valence-corrected chi connectivity index (χ4v) is 3.99. The lowest BCUT2D eigenvalue weighted by Gasteiger charge is -2.22. The molecule has 4 nitrogen and oxygen atoms in total. The van der Waals surface area contributed by atoms with Crippen LogP contribution < -0.4 is 10.1 Å². The van der Waals surface area contributed by atoms with Crippen molar-refractivity contribution in [3.05, 3.63) is 65.7 Å². The van der Waals surface area contributed by atoms with E-state index >= 15 is 0 Å². The fourth-order valence-electron chi connectivity index (χ4n) is 3.99. The van der Waals surface area contributed by atoms with Crippen molar-refractivity contribution >= 4 is 29.9 Å². The number of nitrogens with zero attached hydrogens (tertiary/aromatic N) is 2. The lowest BCUT2D eigenvalue weighted by Crippen LogP contribution is -2.41. The number of ether oxygens (including phenoxy) is 1. The highest BCUT2D eigenvalue weighted by atomic mass is 127. The molecule has 1 N–H and O–H groups in total. The van der Waals surface area contributed by atoms with Crippen LogP contribution in [-0.2, 0) is 0 Å². The van der Waals surface area contributed by atoms with Crippen LogP contribution in [0.4, 0.5) is 0 Å². The molecule has 0 spiro atoms. The summed E-state index contributed by atoms with van der Waals surface area (Å²) in [6, 6.07) is 19.8. The van der Waals surface area contributed by atoms with E-state index in [0.717, 1.165) is 24.8 Å². The number of aliphatic imine (C=N–C) groups is 1. The largest absolute Gasteiger partial charge is 0.497 e. The summed E-state index contributed by atoms with van der Waals surface area (Å²) < 4.78 is 5.27. The first kappa shape index (κ1) is 20.0. The van der Waals surface area contributed by atoms with Gasteiger partial charge in [-0.2, -0.15) is 0 Å². The summed E-state index contributed by atoms with van der Waals surface area (Å²) in [6.07, 6.45) is 2.36. The van der Waals surface area contributed by atoms with Gasteiger partial charge in [0.2, 0.25) is 0 Å². The maximum absolute atomic E-state index is 5.27. The van der Waals surface area contributed by atoms with E-state index in [9.17, 15) is 0 Å². The van der Waals surface area contributed by atoms with Gasteiger partial charge in [0.15, 0.2) is 5.96 Å². The average molecular weight is 477 g/mol. The molecule has 3 unspecified atom stereocenters. The van der Waals surface area contributed by atoms with E-state index in [1.54, 1.807) is 7.11 Å². The molecule has 0 bridgehead atoms. The Morgan fingerprint density at radius 2 is 1.81 bits per heavy atom. The molecule has 2 aliphatic rings. The molecular formula is C22H28IN3O. The van der Waals surface area contributed by atoms with Crippen molar-refractivity contribution < 1.29 is 4.74 Å². The maximum atomic E-state index is 5.27. The number of methoxy groups -OCH3 is 1. The highest BCUT2D eigenvalue weighted by Gasteiger charge is 2.40. The second kappa shape index (κ2) is 8.95. The highest BCUT2D eigenvalue weighted by molar-refractivity contribution is 14.0. The summed E-state index contributed by atoms with van der Waals surface area (Å²) in [7, 11) is 3.60. The first-order valence-electron chi connectivity index (χ1n) is 9.45. The monoisotopic (exact) mass is 477 g/mol. The molecular weight excluding hydrogens is 449 g/mol. The van der Waals surface area contributed by atoms with E-state index < -0.39 is 0 Å². The van der Waals surface area contributed by atoms with E-state index in [0.29, 0.717) is 17.9 Å². The van der Waals surface area contributed by atoms with E-state index in [-0.39, 0.29) is 24.0 Å². The minimum absolute atomic E-state index is 0. The first-order valence-corrected chi connectivity index (χ1v) is 9.45. The molecule has 1 aliphatic carbocycles. The Hall–Kier alpha value is -1.76. The number of hydrogen-bond donors (Lipinski definition) is 1. The summed E-state index contributed by atoms with van der Waals surface area (Å²) in [5.74, 6) is 3.14. The minimum Gasteiger partial charge on any atom is -0.497 e. The quantitative estimate of drug-likeness (QED) is 0.407. The molecule has 0 radical (unpaired) electrons. The molecule has 3 atom stereocenters. The lowest BCUT2D eigenvalue weighted by molar-refractivity contribution is 0.414. The summed E-state index contributed by atoms with van der Waals surface area (Å²) in [6.45, 7) is 2.08. The Kier molecular flexibility index (Phi) is 6.63. The molecule has 1 saturated carbocycles. The van der Waals surface area contributed by atoms with Gasteiger partial charge in [0.05, 0.1) is 7.11 Å². The third-order valence-electron chi connectivity index (χ3n) is 5.62. The van der Waals surface area contributed by atoms with Gasteiger partial charge in [0.25, 0.3) is 0 Å². The smallest absolute Gasteiger partial charge is 0.193 e. The second-order valence-corrected chi connectivity index (χ2v) is 7.26. The number of benzene rings is 2. The van der Waals surface area contributed by atoms with Crippen LogP contribution in [0.5, 0.6) is 5.75 Å². The van der Waals surface area contributed by atoms with Crippen molar-refractivity contribution in [1.82, 2.24) is 10.2 Å². The summed E-state index contributed by atoms with van der Waals surface area (Å²) in [4.78, 5) is 6.94. The fraction of sp³-hybridized carbons (Fsp3) is 0.409. The van der Waals surface area contributed by atoms with Crippen LogP contribution >= 0.6 is 24.0 Å². The predicted octanol–water partition coefficient (Wildman–Crippen LogP) is 4.23. The predicted molar refractivity (Wildman–Crippen MR) is 121 cm³/mol. The lowest BCUT2D eigenvalue weighted by atomic mass is 9.98. The summed E-state index contributed by atoms with van der Waals surface area (Å²) >= 11 is 0. The van der Waals surface area contributed by atoms with Crippen molar-refractivity contribution in [3.63, 3.8) is 0 Å². The number of halogens is 1. The third-order valence-corrected chi connectivity index (χ3v) is 5.62. The Morgan fingerprint density at radius 3 is 2.48 bits per heavy atom. The topological polar surface area (TPSA) is 36.9 Å². The third kappa shape index (κ3) is 4.57. The number of likely N-dealkylation sites (tertiary alicyclic amines) is 1. The van der Waals surface area contributed by atoms with Crippen LogP contribution in [0, 0.1) is 0 Å². The molecule has 144 valence electrons. The SMILES string of the molecule is CN=C(NC1CC1c1ccccc1)N1CCC(c2ccc(OC)cc2)C1.I.